The molecule has 1 aromatic heterocycles. The minimum Gasteiger partial charge on any atom is -0.423 e. The molecular formula is C27H24ClNO4S. The fourth-order valence-electron chi connectivity index (χ4n) is 3.83. The maximum atomic E-state index is 12.8. The van der Waals surface area contributed by atoms with E-state index in [4.69, 9.17) is 16.3 Å². The third kappa shape index (κ3) is 4.69. The van der Waals surface area contributed by atoms with Gasteiger partial charge in [-0.25, -0.2) is 13.2 Å². The lowest BCUT2D eigenvalue weighted by Crippen LogP contribution is -2.11. The van der Waals surface area contributed by atoms with Crippen LogP contribution in [0.15, 0.2) is 77.8 Å². The van der Waals surface area contributed by atoms with Crippen LogP contribution in [0.5, 0.6) is 5.75 Å². The van der Waals surface area contributed by atoms with Gasteiger partial charge in [-0.05, 0) is 59.0 Å². The molecule has 0 saturated heterocycles. The van der Waals surface area contributed by atoms with Gasteiger partial charge in [-0.15, -0.1) is 0 Å². The molecule has 4 aromatic rings. The summed E-state index contributed by atoms with van der Waals surface area (Å²) in [5.74, 6) is -0.111. The highest BCUT2D eigenvalue weighted by Gasteiger charge is 2.18. The Morgan fingerprint density at radius 3 is 2.50 bits per heavy atom. The van der Waals surface area contributed by atoms with Gasteiger partial charge in [0, 0.05) is 11.6 Å². The van der Waals surface area contributed by atoms with E-state index in [1.807, 2.05) is 30.5 Å². The van der Waals surface area contributed by atoms with Gasteiger partial charge in [-0.2, -0.15) is 0 Å². The molecule has 5 nitrogen and oxygen atoms in total. The van der Waals surface area contributed by atoms with Crippen LogP contribution in [0, 0.1) is 0 Å². The number of para-hydroxylation sites is 1. The van der Waals surface area contributed by atoms with Crippen LogP contribution in [-0.4, -0.2) is 25.1 Å². The highest BCUT2D eigenvalue weighted by atomic mass is 35.5. The van der Waals surface area contributed by atoms with Crippen LogP contribution < -0.4 is 4.74 Å². The number of carbonyl (C=O) groups is 1. The van der Waals surface area contributed by atoms with Gasteiger partial charge in [-0.3, -0.25) is 4.98 Å². The smallest absolute Gasteiger partial charge is 0.343 e. The summed E-state index contributed by atoms with van der Waals surface area (Å²) in [5, 5.41) is 1.48. The van der Waals surface area contributed by atoms with E-state index < -0.39 is 15.8 Å². The second-order valence-corrected chi connectivity index (χ2v) is 10.9. The number of hydrogen-bond donors (Lipinski definition) is 0. The van der Waals surface area contributed by atoms with E-state index in [1.54, 1.807) is 25.1 Å². The Kier molecular flexibility index (Phi) is 6.73. The average molecular weight is 494 g/mol. The van der Waals surface area contributed by atoms with Gasteiger partial charge in [0.05, 0.1) is 26.8 Å². The maximum Gasteiger partial charge on any atom is 0.343 e. The summed E-state index contributed by atoms with van der Waals surface area (Å²) in [4.78, 5) is 17.5. The van der Waals surface area contributed by atoms with Crippen molar-refractivity contribution in [2.75, 3.05) is 5.75 Å². The van der Waals surface area contributed by atoms with E-state index in [1.165, 1.54) is 24.3 Å². The first kappa shape index (κ1) is 23.9. The number of ether oxygens (including phenoxy) is 1. The van der Waals surface area contributed by atoms with Crippen molar-refractivity contribution >= 4 is 38.3 Å². The van der Waals surface area contributed by atoms with Crippen LogP contribution >= 0.6 is 11.6 Å². The molecule has 4 rings (SSSR count). The molecule has 0 atom stereocenters. The van der Waals surface area contributed by atoms with Crippen molar-refractivity contribution in [3.8, 4) is 16.9 Å². The van der Waals surface area contributed by atoms with E-state index in [0.29, 0.717) is 16.3 Å². The summed E-state index contributed by atoms with van der Waals surface area (Å²) in [6.07, 6.45) is 1.84. The lowest BCUT2D eigenvalue weighted by molar-refractivity contribution is 0.0734. The number of rotatable bonds is 6. The topological polar surface area (TPSA) is 73.3 Å². The van der Waals surface area contributed by atoms with Crippen molar-refractivity contribution in [1.82, 2.24) is 4.98 Å². The zero-order valence-electron chi connectivity index (χ0n) is 19.1. The number of aromatic nitrogens is 1. The maximum absolute atomic E-state index is 12.8. The summed E-state index contributed by atoms with van der Waals surface area (Å²) in [5.41, 5.74) is 3.78. The number of carbonyl (C=O) groups excluding carboxylic acids is 1. The summed E-state index contributed by atoms with van der Waals surface area (Å²) in [6, 6.07) is 18.8. The number of pyridine rings is 1. The van der Waals surface area contributed by atoms with E-state index in [0.717, 1.165) is 22.1 Å². The van der Waals surface area contributed by atoms with Crippen LogP contribution in [0.2, 0.25) is 5.02 Å². The Labute approximate surface area is 204 Å². The molecule has 0 aliphatic rings. The van der Waals surface area contributed by atoms with Crippen molar-refractivity contribution in [2.24, 2.45) is 0 Å². The van der Waals surface area contributed by atoms with Crippen LogP contribution in [-0.2, 0) is 9.84 Å². The second-order valence-electron chi connectivity index (χ2n) is 8.23. The van der Waals surface area contributed by atoms with Crippen molar-refractivity contribution < 1.29 is 17.9 Å². The zero-order valence-corrected chi connectivity index (χ0v) is 20.7. The molecule has 0 N–H and O–H groups in total. The number of halogens is 1. The molecule has 7 heteroatoms. The molecule has 34 heavy (non-hydrogen) atoms. The van der Waals surface area contributed by atoms with Gasteiger partial charge < -0.3 is 4.74 Å². The van der Waals surface area contributed by atoms with Crippen molar-refractivity contribution in [3.05, 3.63) is 89.1 Å². The minimum absolute atomic E-state index is 0.0460. The van der Waals surface area contributed by atoms with Crippen molar-refractivity contribution in [3.63, 3.8) is 0 Å². The van der Waals surface area contributed by atoms with Gasteiger partial charge in [0.1, 0.15) is 5.75 Å². The van der Waals surface area contributed by atoms with Gasteiger partial charge in [0.15, 0.2) is 9.84 Å². The molecular weight excluding hydrogens is 470 g/mol. The Bertz CT molecular complexity index is 1500. The molecule has 1 heterocycles. The molecule has 0 spiro atoms. The van der Waals surface area contributed by atoms with Gasteiger partial charge >= 0.3 is 5.97 Å². The first-order valence-corrected chi connectivity index (χ1v) is 13.0. The first-order valence-electron chi connectivity index (χ1n) is 10.9. The molecule has 0 unspecified atom stereocenters. The van der Waals surface area contributed by atoms with E-state index in [-0.39, 0.29) is 22.1 Å². The second kappa shape index (κ2) is 9.57. The Balaban J connectivity index is 1.74. The third-order valence-corrected chi connectivity index (χ3v) is 7.68. The van der Waals surface area contributed by atoms with Gasteiger partial charge in [0.2, 0.25) is 0 Å². The lowest BCUT2D eigenvalue weighted by atomic mass is 9.91. The van der Waals surface area contributed by atoms with Crippen LogP contribution in [0.25, 0.3) is 22.0 Å². The quantitative estimate of drug-likeness (QED) is 0.221. The number of benzene rings is 3. The Morgan fingerprint density at radius 2 is 1.76 bits per heavy atom. The molecule has 0 amide bonds. The molecule has 3 aromatic carbocycles. The fourth-order valence-corrected chi connectivity index (χ4v) is 4.98. The summed E-state index contributed by atoms with van der Waals surface area (Å²) in [6.45, 7) is 5.75. The SMILES string of the molecule is CCS(=O)(=O)c1cccc(C(=O)Oc2cccc(-c3c(C(C)C)cnc4c(Cl)cccc34)c2)c1. The van der Waals surface area contributed by atoms with E-state index >= 15 is 0 Å². The van der Waals surface area contributed by atoms with Crippen molar-refractivity contribution in [1.29, 1.82) is 0 Å². The van der Waals surface area contributed by atoms with Crippen LogP contribution in [0.3, 0.4) is 0 Å². The summed E-state index contributed by atoms with van der Waals surface area (Å²) >= 11 is 6.40. The summed E-state index contributed by atoms with van der Waals surface area (Å²) < 4.78 is 30.0. The van der Waals surface area contributed by atoms with Gasteiger partial charge in [0.25, 0.3) is 0 Å². The summed E-state index contributed by atoms with van der Waals surface area (Å²) in [7, 11) is -3.43. The highest BCUT2D eigenvalue weighted by molar-refractivity contribution is 7.91. The Morgan fingerprint density at radius 1 is 1.03 bits per heavy atom. The molecule has 0 radical (unpaired) electrons. The molecule has 0 fully saturated rings. The van der Waals surface area contributed by atoms with Crippen molar-refractivity contribution in [2.45, 2.75) is 31.6 Å². The lowest BCUT2D eigenvalue weighted by Gasteiger charge is -2.17. The molecule has 0 saturated carbocycles. The van der Waals surface area contributed by atoms with E-state index in [2.05, 4.69) is 18.8 Å². The predicted molar refractivity (Wildman–Crippen MR) is 135 cm³/mol. The number of fused-ring (bicyclic) bond motifs is 1. The first-order chi connectivity index (χ1) is 16.2. The number of nitrogens with zero attached hydrogens (tertiary/aromatic N) is 1. The monoisotopic (exact) mass is 493 g/mol. The highest BCUT2D eigenvalue weighted by Crippen LogP contribution is 2.38. The third-order valence-electron chi connectivity index (χ3n) is 5.64. The van der Waals surface area contributed by atoms with E-state index in [9.17, 15) is 13.2 Å². The zero-order chi connectivity index (χ0) is 24.5. The molecule has 0 aliphatic heterocycles. The number of sulfone groups is 1. The number of hydrogen-bond acceptors (Lipinski definition) is 5. The number of esters is 1. The van der Waals surface area contributed by atoms with Gasteiger partial charge in [-0.1, -0.05) is 62.7 Å². The fraction of sp³-hybridized carbons (Fsp3) is 0.185. The normalized spacial score (nSPS) is 11.7. The predicted octanol–water partition coefficient (Wildman–Crippen LogP) is 6.69. The molecule has 174 valence electrons. The van der Waals surface area contributed by atoms with Crippen LogP contribution in [0.1, 0.15) is 42.6 Å². The van der Waals surface area contributed by atoms with Crippen LogP contribution in [0.4, 0.5) is 0 Å². The minimum atomic E-state index is -3.43. The standard InChI is InChI=1S/C27H24ClNO4S/c1-4-34(31,32)21-11-6-9-19(15-21)27(30)33-20-10-5-8-18(14-20)25-22-12-7-13-24(28)26(22)29-16-23(25)17(2)3/h5-17H,4H2,1-3H3. The molecule has 0 aliphatic carbocycles. The average Bonchev–Trinajstić information content (AvgIpc) is 2.83. The largest absolute Gasteiger partial charge is 0.423 e. The molecule has 0 bridgehead atoms. The Hall–Kier alpha value is -3.22.